The second-order valence-corrected chi connectivity index (χ2v) is 8.42. The van der Waals surface area contributed by atoms with Crippen LogP contribution in [0.5, 0.6) is 5.75 Å². The van der Waals surface area contributed by atoms with Gasteiger partial charge in [-0.15, -0.1) is 0 Å². The SMILES string of the molecule is CCN1CN(CCC[C@@H](C)COC)n2cc(C(=O)NCc3ccc(F)nc3F)c(=O)c(O)c2C1=O. The van der Waals surface area contributed by atoms with E-state index < -0.39 is 40.5 Å². The zero-order valence-corrected chi connectivity index (χ0v) is 19.9. The highest BCUT2D eigenvalue weighted by molar-refractivity contribution is 5.99. The first-order chi connectivity index (χ1) is 16.7. The van der Waals surface area contributed by atoms with Crippen LogP contribution in [0.3, 0.4) is 0 Å². The summed E-state index contributed by atoms with van der Waals surface area (Å²) in [7, 11) is 1.63. The molecule has 0 bridgehead atoms. The quantitative estimate of drug-likeness (QED) is 0.483. The summed E-state index contributed by atoms with van der Waals surface area (Å²) in [6, 6.07) is 2.07. The summed E-state index contributed by atoms with van der Waals surface area (Å²) < 4.78 is 33.3. The zero-order valence-electron chi connectivity index (χ0n) is 19.9. The predicted molar refractivity (Wildman–Crippen MR) is 123 cm³/mol. The van der Waals surface area contributed by atoms with E-state index in [1.165, 1.54) is 15.8 Å². The van der Waals surface area contributed by atoms with Crippen LogP contribution in [0.15, 0.2) is 23.1 Å². The van der Waals surface area contributed by atoms with Crippen molar-refractivity contribution >= 4 is 11.8 Å². The van der Waals surface area contributed by atoms with Gasteiger partial charge >= 0.3 is 0 Å². The molecule has 0 fully saturated rings. The number of carbonyl (C=O) groups is 2. The maximum absolute atomic E-state index is 13.8. The van der Waals surface area contributed by atoms with Crippen molar-refractivity contribution in [3.63, 3.8) is 0 Å². The molecule has 0 saturated heterocycles. The first-order valence-corrected chi connectivity index (χ1v) is 11.3. The first-order valence-electron chi connectivity index (χ1n) is 11.3. The second-order valence-electron chi connectivity index (χ2n) is 8.42. The molecule has 0 aromatic carbocycles. The Balaban J connectivity index is 1.88. The number of fused-ring (bicyclic) bond motifs is 1. The van der Waals surface area contributed by atoms with E-state index in [0.717, 1.165) is 25.0 Å². The summed E-state index contributed by atoms with van der Waals surface area (Å²) in [6.07, 6.45) is 2.78. The van der Waals surface area contributed by atoms with Crippen LogP contribution in [-0.2, 0) is 11.3 Å². The van der Waals surface area contributed by atoms with Gasteiger partial charge in [-0.25, -0.2) is 0 Å². The van der Waals surface area contributed by atoms with E-state index in [0.29, 0.717) is 25.6 Å². The molecule has 0 aliphatic carbocycles. The molecule has 1 aliphatic heterocycles. The van der Waals surface area contributed by atoms with Gasteiger partial charge in [0.1, 0.15) is 12.2 Å². The fourth-order valence-electron chi connectivity index (χ4n) is 3.91. The fraction of sp³-hybridized carbons (Fsp3) is 0.478. The third-order valence-electron chi connectivity index (χ3n) is 5.82. The summed E-state index contributed by atoms with van der Waals surface area (Å²) in [5.74, 6) is -4.03. The van der Waals surface area contributed by atoms with E-state index in [-0.39, 0.29) is 24.5 Å². The molecule has 0 unspecified atom stereocenters. The second kappa shape index (κ2) is 11.3. The number of aromatic nitrogens is 2. The molecule has 1 atom stereocenters. The number of amides is 2. The van der Waals surface area contributed by atoms with Crippen molar-refractivity contribution in [1.82, 2.24) is 19.9 Å². The van der Waals surface area contributed by atoms with Crippen LogP contribution in [-0.4, -0.2) is 65.0 Å². The van der Waals surface area contributed by atoms with Gasteiger partial charge in [0.15, 0.2) is 11.4 Å². The molecule has 2 amide bonds. The van der Waals surface area contributed by atoms with Crippen LogP contribution in [0, 0.1) is 17.8 Å². The summed E-state index contributed by atoms with van der Waals surface area (Å²) in [4.78, 5) is 42.9. The predicted octanol–water partition coefficient (Wildman–Crippen LogP) is 1.59. The number of halogens is 2. The largest absolute Gasteiger partial charge is 0.502 e. The fourth-order valence-corrected chi connectivity index (χ4v) is 3.91. The van der Waals surface area contributed by atoms with Gasteiger partial charge in [0.05, 0.1) is 0 Å². The summed E-state index contributed by atoms with van der Waals surface area (Å²) in [5.41, 5.74) is -1.75. The average Bonchev–Trinajstić information content (AvgIpc) is 2.81. The van der Waals surface area contributed by atoms with Gasteiger partial charge in [-0.05, 0) is 37.8 Å². The van der Waals surface area contributed by atoms with Gasteiger partial charge in [0.25, 0.3) is 11.8 Å². The highest BCUT2D eigenvalue weighted by Crippen LogP contribution is 2.22. The lowest BCUT2D eigenvalue weighted by Crippen LogP contribution is -2.54. The molecule has 35 heavy (non-hydrogen) atoms. The summed E-state index contributed by atoms with van der Waals surface area (Å²) in [5, 5.41) is 14.7. The molecule has 0 saturated carbocycles. The standard InChI is InChI=1S/C23H29F2N5O5/c1-4-28-13-29(9-5-6-14(2)12-35-3)30-11-16(19(31)20(32)18(30)23(28)34)22(33)26-10-15-7-8-17(24)27-21(15)25/h7-8,11,14,32H,4-6,9-10,12-13H2,1-3H3,(H,26,33)/t14-/m1/s1. The molecule has 1 aliphatic rings. The Labute approximate surface area is 201 Å². The molecule has 190 valence electrons. The number of rotatable bonds is 10. The number of methoxy groups -OCH3 is 1. The van der Waals surface area contributed by atoms with Crippen LogP contribution in [0.2, 0.25) is 0 Å². The third kappa shape index (κ3) is 5.76. The number of aromatic hydroxyl groups is 1. The van der Waals surface area contributed by atoms with E-state index in [1.807, 2.05) is 0 Å². The number of carbonyl (C=O) groups excluding carboxylic acids is 2. The molecule has 2 N–H and O–H groups in total. The van der Waals surface area contributed by atoms with Crippen molar-refractivity contribution in [3.8, 4) is 5.75 Å². The lowest BCUT2D eigenvalue weighted by atomic mass is 10.1. The minimum absolute atomic E-state index is 0.0809. The van der Waals surface area contributed by atoms with Crippen LogP contribution in [0.4, 0.5) is 8.78 Å². The van der Waals surface area contributed by atoms with E-state index >= 15 is 0 Å². The minimum Gasteiger partial charge on any atom is -0.502 e. The van der Waals surface area contributed by atoms with E-state index in [2.05, 4.69) is 17.2 Å². The van der Waals surface area contributed by atoms with Gasteiger partial charge in [-0.1, -0.05) is 6.92 Å². The topological polar surface area (TPSA) is 117 Å². The minimum atomic E-state index is -1.09. The van der Waals surface area contributed by atoms with Gasteiger partial charge in [-0.2, -0.15) is 13.8 Å². The van der Waals surface area contributed by atoms with Crippen molar-refractivity contribution in [2.24, 2.45) is 5.92 Å². The van der Waals surface area contributed by atoms with Crippen molar-refractivity contribution in [1.29, 1.82) is 0 Å². The number of nitrogens with zero attached hydrogens (tertiary/aromatic N) is 4. The number of ether oxygens (including phenoxy) is 1. The van der Waals surface area contributed by atoms with Crippen LogP contribution < -0.4 is 15.8 Å². The Morgan fingerprint density at radius 1 is 1.31 bits per heavy atom. The van der Waals surface area contributed by atoms with Crippen LogP contribution in [0.1, 0.15) is 53.1 Å². The Morgan fingerprint density at radius 2 is 2.06 bits per heavy atom. The molecule has 2 aromatic rings. The van der Waals surface area contributed by atoms with Gasteiger partial charge in [0.2, 0.25) is 17.3 Å². The Kier molecular flexibility index (Phi) is 8.39. The smallest absolute Gasteiger partial charge is 0.277 e. The third-order valence-corrected chi connectivity index (χ3v) is 5.82. The van der Waals surface area contributed by atoms with Crippen LogP contribution in [0.25, 0.3) is 0 Å². The lowest BCUT2D eigenvalue weighted by molar-refractivity contribution is 0.0694. The average molecular weight is 494 g/mol. The van der Waals surface area contributed by atoms with E-state index in [4.69, 9.17) is 4.74 Å². The monoisotopic (exact) mass is 493 g/mol. The molecular formula is C23H29F2N5O5. The lowest BCUT2D eigenvalue weighted by Gasteiger charge is -2.39. The Hall–Kier alpha value is -3.54. The van der Waals surface area contributed by atoms with Gasteiger partial charge < -0.3 is 20.1 Å². The molecule has 2 aromatic heterocycles. The maximum atomic E-state index is 13.8. The van der Waals surface area contributed by atoms with Crippen molar-refractivity contribution in [2.75, 3.05) is 38.5 Å². The molecule has 3 heterocycles. The van der Waals surface area contributed by atoms with Crippen molar-refractivity contribution in [2.45, 2.75) is 33.2 Å². The highest BCUT2D eigenvalue weighted by atomic mass is 19.1. The van der Waals surface area contributed by atoms with Crippen molar-refractivity contribution < 1.29 is 28.2 Å². The highest BCUT2D eigenvalue weighted by Gasteiger charge is 2.33. The molecule has 0 radical (unpaired) electrons. The molecule has 0 spiro atoms. The molecule has 3 rings (SSSR count). The summed E-state index contributed by atoms with van der Waals surface area (Å²) >= 11 is 0. The molecule has 10 nitrogen and oxygen atoms in total. The molecular weight excluding hydrogens is 464 g/mol. The zero-order chi connectivity index (χ0) is 25.7. The van der Waals surface area contributed by atoms with Gasteiger partial charge in [0, 0.05) is 45.1 Å². The van der Waals surface area contributed by atoms with Crippen LogP contribution >= 0.6 is 0 Å². The van der Waals surface area contributed by atoms with Crippen molar-refractivity contribution in [3.05, 3.63) is 57.3 Å². The number of hydrogen-bond acceptors (Lipinski definition) is 7. The number of nitrogens with one attached hydrogen (secondary N) is 1. The Bertz CT molecular complexity index is 1160. The normalized spacial score (nSPS) is 14.1. The first kappa shape index (κ1) is 26.1. The van der Waals surface area contributed by atoms with Gasteiger partial charge in [-0.3, -0.25) is 24.1 Å². The summed E-state index contributed by atoms with van der Waals surface area (Å²) in [6.45, 7) is 5.15. The number of hydrogen-bond donors (Lipinski definition) is 2. The Morgan fingerprint density at radius 3 is 2.71 bits per heavy atom. The maximum Gasteiger partial charge on any atom is 0.277 e. The number of pyridine rings is 2. The van der Waals surface area contributed by atoms with E-state index in [1.54, 1.807) is 19.0 Å². The molecule has 12 heteroatoms. The van der Waals surface area contributed by atoms with E-state index in [9.17, 15) is 28.3 Å².